The molecule has 1 aliphatic heterocycles. The second kappa shape index (κ2) is 4.74. The van der Waals surface area contributed by atoms with Gasteiger partial charge in [-0.05, 0) is 19.3 Å². The molecule has 0 aromatic heterocycles. The standard InChI is InChI=1S/C8H15NO3S/c10-13(11,12)7-3-5-8-4-1-2-6-9-8/h1-2,8-9H,3-7H2,(H,10,11,12). The van der Waals surface area contributed by atoms with Crippen molar-refractivity contribution in [3.8, 4) is 0 Å². The van der Waals surface area contributed by atoms with Crippen molar-refractivity contribution >= 4 is 10.1 Å². The van der Waals surface area contributed by atoms with Gasteiger partial charge in [-0.3, -0.25) is 4.55 Å². The SMILES string of the molecule is O=S(=O)(O)CCCC1CC=CCN1. The first-order valence-corrected chi connectivity index (χ1v) is 6.02. The molecule has 4 nitrogen and oxygen atoms in total. The van der Waals surface area contributed by atoms with Crippen LogP contribution in [-0.4, -0.2) is 31.3 Å². The molecule has 0 radical (unpaired) electrons. The van der Waals surface area contributed by atoms with Gasteiger partial charge in [0, 0.05) is 12.6 Å². The lowest BCUT2D eigenvalue weighted by Gasteiger charge is -2.18. The Balaban J connectivity index is 2.16. The summed E-state index contributed by atoms with van der Waals surface area (Å²) in [5.41, 5.74) is 0. The zero-order valence-corrected chi connectivity index (χ0v) is 8.26. The van der Waals surface area contributed by atoms with Gasteiger partial charge >= 0.3 is 0 Å². The van der Waals surface area contributed by atoms with Crippen molar-refractivity contribution in [3.63, 3.8) is 0 Å². The minimum atomic E-state index is -3.77. The zero-order valence-electron chi connectivity index (χ0n) is 7.44. The summed E-state index contributed by atoms with van der Waals surface area (Å²) in [7, 11) is -3.77. The largest absolute Gasteiger partial charge is 0.310 e. The fourth-order valence-corrected chi connectivity index (χ4v) is 1.93. The Bertz CT molecular complexity index is 271. The second-order valence-electron chi connectivity index (χ2n) is 3.24. The van der Waals surface area contributed by atoms with Crippen LogP contribution >= 0.6 is 0 Å². The molecule has 0 aliphatic carbocycles. The van der Waals surface area contributed by atoms with Gasteiger partial charge in [-0.1, -0.05) is 12.2 Å². The van der Waals surface area contributed by atoms with E-state index in [1.807, 2.05) is 0 Å². The molecule has 0 fully saturated rings. The molecular formula is C8H15NO3S. The minimum Gasteiger partial charge on any atom is -0.310 e. The van der Waals surface area contributed by atoms with E-state index in [0.29, 0.717) is 12.5 Å². The Hall–Kier alpha value is -0.390. The predicted molar refractivity (Wildman–Crippen MR) is 51.2 cm³/mol. The fraction of sp³-hybridized carbons (Fsp3) is 0.750. The van der Waals surface area contributed by atoms with Crippen LogP contribution < -0.4 is 5.32 Å². The molecule has 0 bridgehead atoms. The minimum absolute atomic E-state index is 0.130. The summed E-state index contributed by atoms with van der Waals surface area (Å²) in [6.45, 7) is 0.858. The van der Waals surface area contributed by atoms with Gasteiger partial charge < -0.3 is 5.32 Å². The quantitative estimate of drug-likeness (QED) is 0.520. The van der Waals surface area contributed by atoms with Crippen LogP contribution in [0.25, 0.3) is 0 Å². The third-order valence-electron chi connectivity index (χ3n) is 2.07. The first-order valence-electron chi connectivity index (χ1n) is 4.41. The van der Waals surface area contributed by atoms with Crippen molar-refractivity contribution in [2.24, 2.45) is 0 Å². The van der Waals surface area contributed by atoms with Crippen molar-refractivity contribution in [2.45, 2.75) is 25.3 Å². The predicted octanol–water partition coefficient (Wildman–Crippen LogP) is 0.573. The van der Waals surface area contributed by atoms with E-state index in [1.165, 1.54) is 0 Å². The van der Waals surface area contributed by atoms with E-state index in [9.17, 15) is 8.42 Å². The van der Waals surface area contributed by atoms with Crippen molar-refractivity contribution in [3.05, 3.63) is 12.2 Å². The molecule has 76 valence electrons. The average Bonchev–Trinajstić information content (AvgIpc) is 2.04. The van der Waals surface area contributed by atoms with E-state index in [4.69, 9.17) is 4.55 Å². The summed E-state index contributed by atoms with van der Waals surface area (Å²) in [5.74, 6) is -0.130. The number of hydrogen-bond donors (Lipinski definition) is 2. The Labute approximate surface area is 78.8 Å². The van der Waals surface area contributed by atoms with Crippen LogP contribution in [0.4, 0.5) is 0 Å². The van der Waals surface area contributed by atoms with Crippen LogP contribution in [0.15, 0.2) is 12.2 Å². The van der Waals surface area contributed by atoms with E-state index >= 15 is 0 Å². The normalized spacial score (nSPS) is 23.3. The third-order valence-corrected chi connectivity index (χ3v) is 2.87. The third kappa shape index (κ3) is 5.02. The molecule has 2 N–H and O–H groups in total. The summed E-state index contributed by atoms with van der Waals surface area (Å²) in [6.07, 6.45) is 6.41. The lowest BCUT2D eigenvalue weighted by molar-refractivity contribution is 0.463. The zero-order chi connectivity index (χ0) is 9.73. The second-order valence-corrected chi connectivity index (χ2v) is 4.81. The molecule has 1 heterocycles. The van der Waals surface area contributed by atoms with Gasteiger partial charge in [0.1, 0.15) is 0 Å². The average molecular weight is 205 g/mol. The van der Waals surface area contributed by atoms with E-state index < -0.39 is 10.1 Å². The molecule has 0 saturated carbocycles. The highest BCUT2D eigenvalue weighted by molar-refractivity contribution is 7.85. The van der Waals surface area contributed by atoms with Gasteiger partial charge in [-0.25, -0.2) is 0 Å². The highest BCUT2D eigenvalue weighted by atomic mass is 32.2. The molecule has 13 heavy (non-hydrogen) atoms. The van der Waals surface area contributed by atoms with Crippen molar-refractivity contribution in [1.82, 2.24) is 5.32 Å². The molecular weight excluding hydrogens is 190 g/mol. The molecule has 5 heteroatoms. The van der Waals surface area contributed by atoms with Crippen molar-refractivity contribution in [1.29, 1.82) is 0 Å². The van der Waals surface area contributed by atoms with Crippen molar-refractivity contribution < 1.29 is 13.0 Å². The molecule has 0 aromatic carbocycles. The maximum atomic E-state index is 10.4. The number of rotatable bonds is 4. The summed E-state index contributed by atoms with van der Waals surface area (Å²) >= 11 is 0. The van der Waals surface area contributed by atoms with Crippen LogP contribution in [0.5, 0.6) is 0 Å². The van der Waals surface area contributed by atoms with Crippen LogP contribution in [0.2, 0.25) is 0 Å². The molecule has 1 aliphatic rings. The highest BCUT2D eigenvalue weighted by Crippen LogP contribution is 2.07. The number of nitrogens with one attached hydrogen (secondary N) is 1. The fourth-order valence-electron chi connectivity index (χ4n) is 1.39. The Morgan fingerprint density at radius 1 is 1.46 bits per heavy atom. The number of hydrogen-bond acceptors (Lipinski definition) is 3. The van der Waals surface area contributed by atoms with E-state index in [1.54, 1.807) is 0 Å². The lowest BCUT2D eigenvalue weighted by Crippen LogP contribution is -2.31. The Morgan fingerprint density at radius 2 is 2.23 bits per heavy atom. The first kappa shape index (κ1) is 10.7. The molecule has 1 unspecified atom stereocenters. The molecule has 0 saturated heterocycles. The van der Waals surface area contributed by atoms with Gasteiger partial charge in [0.05, 0.1) is 5.75 Å². The molecule has 0 aromatic rings. The maximum absolute atomic E-state index is 10.4. The summed E-state index contributed by atoms with van der Waals surface area (Å²) in [4.78, 5) is 0. The van der Waals surface area contributed by atoms with Crippen LogP contribution in [0.3, 0.4) is 0 Å². The summed E-state index contributed by atoms with van der Waals surface area (Å²) in [6, 6.07) is 0.367. The molecule has 0 amide bonds. The van der Waals surface area contributed by atoms with Gasteiger partial charge in [0.15, 0.2) is 0 Å². The van der Waals surface area contributed by atoms with E-state index in [0.717, 1.165) is 19.4 Å². The Morgan fingerprint density at radius 3 is 2.77 bits per heavy atom. The highest BCUT2D eigenvalue weighted by Gasteiger charge is 2.10. The molecule has 1 atom stereocenters. The summed E-state index contributed by atoms with van der Waals surface area (Å²) in [5, 5.41) is 3.24. The van der Waals surface area contributed by atoms with E-state index in [-0.39, 0.29) is 5.75 Å². The van der Waals surface area contributed by atoms with Gasteiger partial charge in [0.2, 0.25) is 0 Å². The van der Waals surface area contributed by atoms with Crippen molar-refractivity contribution in [2.75, 3.05) is 12.3 Å². The first-order chi connectivity index (χ1) is 6.08. The van der Waals surface area contributed by atoms with Gasteiger partial charge in [-0.15, -0.1) is 0 Å². The maximum Gasteiger partial charge on any atom is 0.264 e. The summed E-state index contributed by atoms with van der Waals surface area (Å²) < 4.78 is 29.3. The van der Waals surface area contributed by atoms with Crippen LogP contribution in [-0.2, 0) is 10.1 Å². The molecule has 0 spiro atoms. The molecule has 1 rings (SSSR count). The van der Waals surface area contributed by atoms with Gasteiger partial charge in [0.25, 0.3) is 10.1 Å². The smallest absolute Gasteiger partial charge is 0.264 e. The Kier molecular flexibility index (Phi) is 3.90. The topological polar surface area (TPSA) is 66.4 Å². The monoisotopic (exact) mass is 205 g/mol. The van der Waals surface area contributed by atoms with Gasteiger partial charge in [-0.2, -0.15) is 8.42 Å². The van der Waals surface area contributed by atoms with E-state index in [2.05, 4.69) is 17.5 Å². The lowest BCUT2D eigenvalue weighted by atomic mass is 10.1. The van der Waals surface area contributed by atoms with Crippen LogP contribution in [0.1, 0.15) is 19.3 Å². The van der Waals surface area contributed by atoms with Crippen LogP contribution in [0, 0.1) is 0 Å².